The Labute approximate surface area is 187 Å². The summed E-state index contributed by atoms with van der Waals surface area (Å²) in [4.78, 5) is 22.8. The summed E-state index contributed by atoms with van der Waals surface area (Å²) in [5, 5.41) is 8.15. The summed E-state index contributed by atoms with van der Waals surface area (Å²) in [7, 11) is 0. The number of rotatable bonds is 3. The fraction of sp³-hybridized carbons (Fsp3) is 0.304. The molecule has 4 heterocycles. The molecule has 0 N–H and O–H groups in total. The minimum atomic E-state index is -0.563. The molecule has 2 aromatic carbocycles. The predicted molar refractivity (Wildman–Crippen MR) is 115 cm³/mol. The second kappa shape index (κ2) is 7.36. The lowest BCUT2D eigenvalue weighted by molar-refractivity contribution is 0.00687. The van der Waals surface area contributed by atoms with Crippen molar-refractivity contribution in [2.45, 2.75) is 19.4 Å². The minimum Gasteiger partial charge on any atom is -0.423 e. The van der Waals surface area contributed by atoms with Crippen LogP contribution in [0.2, 0.25) is 0 Å². The maximum atomic E-state index is 15.2. The van der Waals surface area contributed by atoms with Crippen LogP contribution in [0.25, 0.3) is 16.8 Å². The number of nitrogens with zero attached hydrogens (tertiary/aromatic N) is 6. The second-order valence-electron chi connectivity index (χ2n) is 8.54. The molecule has 0 spiro atoms. The quantitative estimate of drug-likeness (QED) is 0.476. The topological polar surface area (TPSA) is 80.3 Å². The Hall–Kier alpha value is -3.82. The molecular weight excluding hydrogens is 430 g/mol. The molecule has 8 nitrogen and oxygen atoms in total. The Morgan fingerprint density at radius 1 is 1.12 bits per heavy atom. The van der Waals surface area contributed by atoms with Gasteiger partial charge in [0.05, 0.1) is 18.4 Å². The van der Waals surface area contributed by atoms with Crippen LogP contribution in [0.4, 0.5) is 14.8 Å². The van der Waals surface area contributed by atoms with Gasteiger partial charge in [-0.1, -0.05) is 6.07 Å². The maximum absolute atomic E-state index is 15.2. The highest BCUT2D eigenvalue weighted by atomic mass is 19.1. The van der Waals surface area contributed by atoms with E-state index >= 15 is 4.39 Å². The summed E-state index contributed by atoms with van der Waals surface area (Å²) in [6.07, 6.45) is 3.82. The van der Waals surface area contributed by atoms with Crippen molar-refractivity contribution in [2.24, 2.45) is 5.92 Å². The van der Waals surface area contributed by atoms with Crippen molar-refractivity contribution in [1.82, 2.24) is 24.9 Å². The van der Waals surface area contributed by atoms with Gasteiger partial charge in [0.15, 0.2) is 5.58 Å². The van der Waals surface area contributed by atoms with E-state index in [1.54, 1.807) is 30.0 Å². The fourth-order valence-corrected chi connectivity index (χ4v) is 4.75. The number of hydrogen-bond donors (Lipinski definition) is 0. The fourth-order valence-electron chi connectivity index (χ4n) is 4.75. The Morgan fingerprint density at radius 3 is 2.76 bits per heavy atom. The molecule has 0 radical (unpaired) electrons. The van der Waals surface area contributed by atoms with Gasteiger partial charge in [-0.15, -0.1) is 0 Å². The predicted octanol–water partition coefficient (Wildman–Crippen LogP) is 3.35. The number of amides is 1. The summed E-state index contributed by atoms with van der Waals surface area (Å²) < 4.78 is 34.5. The Morgan fingerprint density at radius 2 is 1.94 bits per heavy atom. The van der Waals surface area contributed by atoms with E-state index in [-0.39, 0.29) is 23.3 Å². The first kappa shape index (κ1) is 19.8. The van der Waals surface area contributed by atoms with Crippen molar-refractivity contribution < 1.29 is 18.0 Å². The van der Waals surface area contributed by atoms with Crippen molar-refractivity contribution in [2.75, 3.05) is 24.5 Å². The number of aryl methyl sites for hydroxylation is 1. The lowest BCUT2D eigenvalue weighted by Crippen LogP contribution is -2.66. The van der Waals surface area contributed by atoms with Gasteiger partial charge in [0.2, 0.25) is 0 Å². The molecule has 33 heavy (non-hydrogen) atoms. The van der Waals surface area contributed by atoms with E-state index in [4.69, 9.17) is 4.42 Å². The molecule has 2 aromatic heterocycles. The first-order valence-corrected chi connectivity index (χ1v) is 10.8. The van der Waals surface area contributed by atoms with Gasteiger partial charge in [-0.2, -0.15) is 20.0 Å². The number of halogens is 2. The SMILES string of the molecule is Cc1ccc(-n2nccn2)c(C(=O)N2CC3CCN(c4nc5cc(F)ccc5o4)C[C@H]32)c1F. The number of anilines is 1. The normalized spacial score (nSPS) is 20.1. The number of likely N-dealkylation sites (tertiary alicyclic amines) is 1. The third-order valence-electron chi connectivity index (χ3n) is 6.58. The summed E-state index contributed by atoms with van der Waals surface area (Å²) in [5.41, 5.74) is 1.62. The number of aromatic nitrogens is 4. The van der Waals surface area contributed by atoms with Crippen molar-refractivity contribution in [3.8, 4) is 5.69 Å². The molecule has 0 aliphatic carbocycles. The van der Waals surface area contributed by atoms with Gasteiger partial charge >= 0.3 is 0 Å². The molecule has 4 aromatic rings. The van der Waals surface area contributed by atoms with E-state index < -0.39 is 5.82 Å². The molecule has 168 valence electrons. The third kappa shape index (κ3) is 3.16. The molecule has 0 saturated carbocycles. The molecule has 1 amide bonds. The number of piperidine rings is 1. The Kier molecular flexibility index (Phi) is 4.42. The van der Waals surface area contributed by atoms with E-state index in [0.717, 1.165) is 13.0 Å². The zero-order valence-corrected chi connectivity index (χ0v) is 17.8. The van der Waals surface area contributed by atoms with Crippen molar-refractivity contribution in [3.63, 3.8) is 0 Å². The van der Waals surface area contributed by atoms with Crippen LogP contribution in [-0.4, -0.2) is 56.5 Å². The monoisotopic (exact) mass is 450 g/mol. The summed E-state index contributed by atoms with van der Waals surface area (Å²) in [6, 6.07) is 7.79. The third-order valence-corrected chi connectivity index (χ3v) is 6.58. The molecule has 2 fully saturated rings. The molecule has 6 rings (SSSR count). The Balaban J connectivity index is 1.29. The van der Waals surface area contributed by atoms with Crippen molar-refractivity contribution in [3.05, 3.63) is 65.5 Å². The molecule has 2 aliphatic rings. The molecular formula is C23H20F2N6O2. The van der Waals surface area contributed by atoms with E-state index in [0.29, 0.717) is 47.4 Å². The van der Waals surface area contributed by atoms with E-state index in [2.05, 4.69) is 15.2 Å². The van der Waals surface area contributed by atoms with Crippen LogP contribution in [0, 0.1) is 24.5 Å². The first-order chi connectivity index (χ1) is 16.0. The van der Waals surface area contributed by atoms with Crippen molar-refractivity contribution in [1.29, 1.82) is 0 Å². The average Bonchev–Trinajstić information content (AvgIpc) is 3.46. The lowest BCUT2D eigenvalue weighted by Gasteiger charge is -2.53. The Bertz CT molecular complexity index is 1370. The second-order valence-corrected chi connectivity index (χ2v) is 8.54. The van der Waals surface area contributed by atoms with Crippen LogP contribution in [0.1, 0.15) is 22.3 Å². The summed E-state index contributed by atoms with van der Waals surface area (Å²) in [5.74, 6) is -0.996. The van der Waals surface area contributed by atoms with Gasteiger partial charge in [0.25, 0.3) is 11.9 Å². The average molecular weight is 450 g/mol. The standard InChI is InChI=1S/C23H20F2N6O2/c1-13-2-4-17(31-26-7-8-27-31)20(21(13)25)22(32)30-11-14-6-9-29(12-18(14)30)23-28-16-10-15(24)3-5-19(16)33-23/h2-5,7-8,10,14,18H,6,9,11-12H2,1H3/t14?,18-/m1/s1. The minimum absolute atomic E-state index is 0.0286. The molecule has 2 aliphatic heterocycles. The van der Waals surface area contributed by atoms with Gasteiger partial charge in [-0.3, -0.25) is 4.79 Å². The van der Waals surface area contributed by atoms with Crippen LogP contribution >= 0.6 is 0 Å². The summed E-state index contributed by atoms with van der Waals surface area (Å²) >= 11 is 0. The maximum Gasteiger partial charge on any atom is 0.298 e. The largest absolute Gasteiger partial charge is 0.423 e. The van der Waals surface area contributed by atoms with Crippen molar-refractivity contribution >= 4 is 23.0 Å². The van der Waals surface area contributed by atoms with Gasteiger partial charge in [-0.25, -0.2) is 8.78 Å². The molecule has 10 heteroatoms. The summed E-state index contributed by atoms with van der Waals surface area (Å²) in [6.45, 7) is 3.42. The lowest BCUT2D eigenvalue weighted by atomic mass is 9.81. The number of fused-ring (bicyclic) bond motifs is 2. The van der Waals surface area contributed by atoms with Gasteiger partial charge in [0.1, 0.15) is 28.4 Å². The molecule has 0 bridgehead atoms. The molecule has 2 saturated heterocycles. The number of oxazole rings is 1. The molecule has 2 atom stereocenters. The van der Waals surface area contributed by atoms with Crippen LogP contribution < -0.4 is 4.90 Å². The number of carbonyl (C=O) groups is 1. The number of hydrogen-bond acceptors (Lipinski definition) is 6. The van der Waals surface area contributed by atoms with E-state index in [1.165, 1.54) is 29.3 Å². The highest BCUT2D eigenvalue weighted by Gasteiger charge is 2.47. The van der Waals surface area contributed by atoms with Crippen LogP contribution in [-0.2, 0) is 0 Å². The highest BCUT2D eigenvalue weighted by molar-refractivity contribution is 5.99. The van der Waals surface area contributed by atoms with Gasteiger partial charge < -0.3 is 14.2 Å². The zero-order chi connectivity index (χ0) is 22.7. The zero-order valence-electron chi connectivity index (χ0n) is 17.8. The van der Waals surface area contributed by atoms with Crippen LogP contribution in [0.15, 0.2) is 47.1 Å². The molecule has 1 unspecified atom stereocenters. The van der Waals surface area contributed by atoms with Gasteiger partial charge in [0, 0.05) is 31.6 Å². The smallest absolute Gasteiger partial charge is 0.298 e. The number of benzene rings is 2. The van der Waals surface area contributed by atoms with E-state index in [9.17, 15) is 9.18 Å². The van der Waals surface area contributed by atoms with Crippen LogP contribution in [0.5, 0.6) is 0 Å². The first-order valence-electron chi connectivity index (χ1n) is 10.8. The highest BCUT2D eigenvalue weighted by Crippen LogP contribution is 2.37. The van der Waals surface area contributed by atoms with E-state index in [1.807, 2.05) is 4.90 Å². The van der Waals surface area contributed by atoms with Crippen LogP contribution in [0.3, 0.4) is 0 Å². The van der Waals surface area contributed by atoms with Gasteiger partial charge in [-0.05, 0) is 37.1 Å². The number of carbonyl (C=O) groups excluding carboxylic acids is 1.